The first-order valence-electron chi connectivity index (χ1n) is 10.3. The molecule has 0 fully saturated rings. The third-order valence-corrected chi connectivity index (χ3v) is 5.19. The number of hydrogen-bond donors (Lipinski definition) is 2. The number of anilines is 1. The number of benzene rings is 3. The summed E-state index contributed by atoms with van der Waals surface area (Å²) in [5.74, 6) is -0.343. The molecule has 0 radical (unpaired) electrons. The Morgan fingerprint density at radius 3 is 2.58 bits per heavy atom. The van der Waals surface area contributed by atoms with Gasteiger partial charge in [0.1, 0.15) is 11.8 Å². The molecule has 162 valence electrons. The lowest BCUT2D eigenvalue weighted by Crippen LogP contribution is -2.17. The molecule has 0 aliphatic rings. The maximum Gasteiger partial charge on any atom is 0.274 e. The molecule has 1 aromatic heterocycles. The van der Waals surface area contributed by atoms with Gasteiger partial charge in [-0.1, -0.05) is 55.1 Å². The van der Waals surface area contributed by atoms with E-state index in [1.54, 1.807) is 61.5 Å². The molecule has 1 unspecified atom stereocenters. The Kier molecular flexibility index (Phi) is 6.16. The van der Waals surface area contributed by atoms with Gasteiger partial charge in [0.15, 0.2) is 5.69 Å². The van der Waals surface area contributed by atoms with Crippen LogP contribution in [-0.2, 0) is 0 Å². The highest BCUT2D eigenvalue weighted by Crippen LogP contribution is 2.26. The molecular formula is C27H22N4O2. The fourth-order valence-corrected chi connectivity index (χ4v) is 3.58. The fourth-order valence-electron chi connectivity index (χ4n) is 3.58. The number of nitrogens with one attached hydrogen (secondary N) is 1. The lowest BCUT2D eigenvalue weighted by atomic mass is 9.99. The molecule has 1 amide bonds. The van der Waals surface area contributed by atoms with Crippen LogP contribution in [0.5, 0.6) is 0 Å². The van der Waals surface area contributed by atoms with E-state index in [0.717, 1.165) is 11.1 Å². The molecule has 0 aliphatic carbocycles. The zero-order valence-corrected chi connectivity index (χ0v) is 18.1. The van der Waals surface area contributed by atoms with Crippen molar-refractivity contribution in [1.29, 1.82) is 0 Å². The van der Waals surface area contributed by atoms with Crippen molar-refractivity contribution in [2.75, 3.05) is 5.32 Å². The standard InChI is InChI=1S/C27H22N4O2/c1-4-19-8-5-9-20(15-19)26(32)21-10-6-12-23(16-21)29-27(33)25-14-18(2)30-31(25)24-13-7-11-22(17-24)28-3/h4-17,26,32H,1H2,2H3,(H,29,33). The summed E-state index contributed by atoms with van der Waals surface area (Å²) < 4.78 is 1.53. The largest absolute Gasteiger partial charge is 0.384 e. The maximum atomic E-state index is 13.1. The van der Waals surface area contributed by atoms with Gasteiger partial charge in [-0.2, -0.15) is 5.10 Å². The Labute approximate surface area is 192 Å². The van der Waals surface area contributed by atoms with Gasteiger partial charge < -0.3 is 10.4 Å². The fraction of sp³-hybridized carbons (Fsp3) is 0.0741. The van der Waals surface area contributed by atoms with Gasteiger partial charge in [-0.3, -0.25) is 4.79 Å². The molecule has 4 rings (SSSR count). The van der Waals surface area contributed by atoms with Crippen molar-refractivity contribution in [2.45, 2.75) is 13.0 Å². The average Bonchev–Trinajstić information content (AvgIpc) is 3.25. The highest BCUT2D eigenvalue weighted by atomic mass is 16.3. The average molecular weight is 434 g/mol. The van der Waals surface area contributed by atoms with Crippen molar-refractivity contribution in [3.63, 3.8) is 0 Å². The minimum atomic E-state index is -0.842. The second-order valence-electron chi connectivity index (χ2n) is 7.57. The normalized spacial score (nSPS) is 11.4. The second-order valence-corrected chi connectivity index (χ2v) is 7.57. The van der Waals surface area contributed by atoms with Gasteiger partial charge in [0, 0.05) is 5.69 Å². The molecule has 0 saturated carbocycles. The minimum Gasteiger partial charge on any atom is -0.384 e. The quantitative estimate of drug-likeness (QED) is 0.382. The van der Waals surface area contributed by atoms with E-state index in [2.05, 4.69) is 21.8 Å². The molecule has 0 spiro atoms. The summed E-state index contributed by atoms with van der Waals surface area (Å²) in [6.45, 7) is 12.8. The van der Waals surface area contributed by atoms with Crippen molar-refractivity contribution < 1.29 is 9.90 Å². The van der Waals surface area contributed by atoms with Crippen molar-refractivity contribution in [3.8, 4) is 5.69 Å². The summed E-state index contributed by atoms with van der Waals surface area (Å²) in [7, 11) is 0. The van der Waals surface area contributed by atoms with Crippen molar-refractivity contribution in [1.82, 2.24) is 9.78 Å². The molecule has 0 bridgehead atoms. The Morgan fingerprint density at radius 1 is 1.09 bits per heavy atom. The number of amides is 1. The summed E-state index contributed by atoms with van der Waals surface area (Å²) in [6, 6.07) is 23.3. The number of aryl methyl sites for hydroxylation is 1. The number of rotatable bonds is 6. The van der Waals surface area contributed by atoms with Gasteiger partial charge in [-0.15, -0.1) is 0 Å². The first-order chi connectivity index (χ1) is 16.0. The topological polar surface area (TPSA) is 71.5 Å². The molecule has 1 atom stereocenters. The first kappa shape index (κ1) is 21.8. The number of aliphatic hydroxyl groups is 1. The number of aliphatic hydroxyl groups excluding tert-OH is 1. The van der Waals surface area contributed by atoms with Crippen molar-refractivity contribution in [3.05, 3.63) is 125 Å². The van der Waals surface area contributed by atoms with Crippen molar-refractivity contribution >= 4 is 23.4 Å². The first-order valence-corrected chi connectivity index (χ1v) is 10.3. The summed E-state index contributed by atoms with van der Waals surface area (Å²) in [4.78, 5) is 16.6. The van der Waals surface area contributed by atoms with Crippen LogP contribution in [0, 0.1) is 13.5 Å². The molecule has 3 aromatic carbocycles. The van der Waals surface area contributed by atoms with Crippen molar-refractivity contribution in [2.24, 2.45) is 0 Å². The third-order valence-electron chi connectivity index (χ3n) is 5.19. The number of aromatic nitrogens is 2. The molecule has 6 nitrogen and oxygen atoms in total. The highest BCUT2D eigenvalue weighted by Gasteiger charge is 2.17. The van der Waals surface area contributed by atoms with Crippen LogP contribution in [0.4, 0.5) is 11.4 Å². The van der Waals surface area contributed by atoms with Crippen LogP contribution in [0.2, 0.25) is 0 Å². The molecular weight excluding hydrogens is 412 g/mol. The van der Waals surface area contributed by atoms with E-state index in [0.29, 0.717) is 34.0 Å². The predicted molar refractivity (Wildman–Crippen MR) is 130 cm³/mol. The Hall–Kier alpha value is -4.47. The van der Waals surface area contributed by atoms with Gasteiger partial charge in [-0.05, 0) is 60.0 Å². The zero-order chi connectivity index (χ0) is 23.4. The van der Waals surface area contributed by atoms with Crippen LogP contribution in [0.15, 0.2) is 85.4 Å². The van der Waals surface area contributed by atoms with Crippen LogP contribution in [0.1, 0.15) is 39.0 Å². The van der Waals surface area contributed by atoms with Gasteiger partial charge >= 0.3 is 0 Å². The molecule has 4 aromatic rings. The van der Waals surface area contributed by atoms with E-state index in [4.69, 9.17) is 6.57 Å². The van der Waals surface area contributed by atoms with Crippen LogP contribution < -0.4 is 5.32 Å². The molecule has 0 saturated heterocycles. The van der Waals surface area contributed by atoms with Crippen LogP contribution in [0.3, 0.4) is 0 Å². The lowest BCUT2D eigenvalue weighted by Gasteiger charge is -2.14. The SMILES string of the molecule is [C-]#[N+]c1cccc(-n2nc(C)cc2C(=O)Nc2cccc(C(O)c3cccc(C=C)c3)c2)c1. The number of hydrogen-bond acceptors (Lipinski definition) is 3. The van der Waals surface area contributed by atoms with E-state index in [9.17, 15) is 9.90 Å². The van der Waals surface area contributed by atoms with E-state index in [-0.39, 0.29) is 5.91 Å². The maximum absolute atomic E-state index is 13.1. The third kappa shape index (κ3) is 4.74. The smallest absolute Gasteiger partial charge is 0.274 e. The molecule has 6 heteroatoms. The number of carbonyl (C=O) groups excluding carboxylic acids is 1. The monoisotopic (exact) mass is 434 g/mol. The summed E-state index contributed by atoms with van der Waals surface area (Å²) >= 11 is 0. The molecule has 1 heterocycles. The molecule has 2 N–H and O–H groups in total. The zero-order valence-electron chi connectivity index (χ0n) is 18.1. The number of nitrogens with zero attached hydrogens (tertiary/aromatic N) is 3. The Bertz CT molecular complexity index is 1380. The summed E-state index contributed by atoms with van der Waals surface area (Å²) in [5.41, 5.74) is 4.99. The predicted octanol–water partition coefficient (Wildman–Crippen LogP) is 5.71. The highest BCUT2D eigenvalue weighted by molar-refractivity contribution is 6.03. The Balaban J connectivity index is 1.60. The molecule has 0 aliphatic heterocycles. The van der Waals surface area contributed by atoms with E-state index >= 15 is 0 Å². The second kappa shape index (κ2) is 9.35. The van der Waals surface area contributed by atoms with E-state index in [1.807, 2.05) is 30.3 Å². The Morgan fingerprint density at radius 2 is 1.82 bits per heavy atom. The lowest BCUT2D eigenvalue weighted by molar-refractivity contribution is 0.101. The van der Waals surface area contributed by atoms with Gasteiger partial charge in [0.25, 0.3) is 5.91 Å². The van der Waals surface area contributed by atoms with Gasteiger partial charge in [0.05, 0.1) is 18.0 Å². The van der Waals surface area contributed by atoms with Gasteiger partial charge in [-0.25, -0.2) is 9.53 Å². The number of carbonyl (C=O) groups is 1. The van der Waals surface area contributed by atoms with Gasteiger partial charge in [0.2, 0.25) is 0 Å². The van der Waals surface area contributed by atoms with E-state index in [1.165, 1.54) is 4.68 Å². The minimum absolute atomic E-state index is 0.343. The summed E-state index contributed by atoms with van der Waals surface area (Å²) in [6.07, 6.45) is 0.886. The van der Waals surface area contributed by atoms with Crippen LogP contribution >= 0.6 is 0 Å². The van der Waals surface area contributed by atoms with Crippen LogP contribution in [0.25, 0.3) is 16.6 Å². The molecule has 33 heavy (non-hydrogen) atoms. The van der Waals surface area contributed by atoms with E-state index < -0.39 is 6.10 Å². The van der Waals surface area contributed by atoms with Crippen LogP contribution in [-0.4, -0.2) is 20.8 Å². The summed E-state index contributed by atoms with van der Waals surface area (Å²) in [5, 5.41) is 18.2.